The largest absolute Gasteiger partial charge is 0.384 e. The molecule has 0 spiro atoms. The van der Waals surface area contributed by atoms with E-state index in [-0.39, 0.29) is 0 Å². The molecule has 0 aliphatic carbocycles. The second-order valence-electron chi connectivity index (χ2n) is 3.63. The second kappa shape index (κ2) is 4.99. The Morgan fingerprint density at radius 1 is 1.24 bits per heavy atom. The van der Waals surface area contributed by atoms with E-state index in [2.05, 4.69) is 16.4 Å². The third-order valence-electron chi connectivity index (χ3n) is 2.36. The summed E-state index contributed by atoms with van der Waals surface area (Å²) >= 11 is 0. The summed E-state index contributed by atoms with van der Waals surface area (Å²) in [6, 6.07) is 13.2. The normalized spacial score (nSPS) is 9.59. The molecule has 2 aromatic rings. The summed E-state index contributed by atoms with van der Waals surface area (Å²) in [5.41, 5.74) is 8.29. The molecule has 2 rings (SSSR count). The van der Waals surface area contributed by atoms with E-state index in [9.17, 15) is 0 Å². The predicted molar refractivity (Wildman–Crippen MR) is 67.1 cm³/mol. The first-order valence-corrected chi connectivity index (χ1v) is 5.22. The number of benzene rings is 1. The number of nitrogens with one attached hydrogen (secondary N) is 1. The number of nitrogens with two attached hydrogens (primary N) is 1. The molecule has 17 heavy (non-hydrogen) atoms. The fourth-order valence-electron chi connectivity index (χ4n) is 1.46. The van der Waals surface area contributed by atoms with Crippen molar-refractivity contribution in [3.05, 3.63) is 53.7 Å². The smallest absolute Gasteiger partial charge is 0.125 e. The SMILES string of the molecule is N#Cc1ccc(CNc2ccnc(N)c2)cc1. The van der Waals surface area contributed by atoms with Gasteiger partial charge in [-0.3, -0.25) is 0 Å². The molecule has 0 aliphatic rings. The number of hydrogen-bond donors (Lipinski definition) is 2. The van der Waals surface area contributed by atoms with Gasteiger partial charge in [0.1, 0.15) is 5.82 Å². The average Bonchev–Trinajstić information content (AvgIpc) is 2.37. The molecule has 1 aromatic heterocycles. The maximum Gasteiger partial charge on any atom is 0.125 e. The average molecular weight is 224 g/mol. The maximum atomic E-state index is 8.68. The van der Waals surface area contributed by atoms with Crippen molar-refractivity contribution < 1.29 is 0 Å². The van der Waals surface area contributed by atoms with Crippen molar-refractivity contribution in [2.45, 2.75) is 6.54 Å². The van der Waals surface area contributed by atoms with Gasteiger partial charge in [0.15, 0.2) is 0 Å². The molecule has 0 radical (unpaired) electrons. The summed E-state index contributed by atoms with van der Waals surface area (Å²) in [4.78, 5) is 3.92. The lowest BCUT2D eigenvalue weighted by Crippen LogP contribution is -2.00. The van der Waals surface area contributed by atoms with Crippen LogP contribution in [0.4, 0.5) is 11.5 Å². The lowest BCUT2D eigenvalue weighted by molar-refractivity contribution is 1.14. The van der Waals surface area contributed by atoms with Crippen molar-refractivity contribution in [3.8, 4) is 6.07 Å². The van der Waals surface area contributed by atoms with Crippen LogP contribution >= 0.6 is 0 Å². The Morgan fingerprint density at radius 3 is 2.65 bits per heavy atom. The van der Waals surface area contributed by atoms with Crippen molar-refractivity contribution in [3.63, 3.8) is 0 Å². The molecule has 0 saturated heterocycles. The Kier molecular flexibility index (Phi) is 3.22. The molecule has 0 atom stereocenters. The minimum atomic E-state index is 0.495. The van der Waals surface area contributed by atoms with Crippen LogP contribution in [0.2, 0.25) is 0 Å². The number of nitrogens with zero attached hydrogens (tertiary/aromatic N) is 2. The van der Waals surface area contributed by atoms with Gasteiger partial charge in [-0.25, -0.2) is 4.98 Å². The van der Waals surface area contributed by atoms with E-state index >= 15 is 0 Å². The van der Waals surface area contributed by atoms with Gasteiger partial charge in [0.2, 0.25) is 0 Å². The summed E-state index contributed by atoms with van der Waals surface area (Å²) in [5, 5.41) is 11.9. The van der Waals surface area contributed by atoms with Crippen molar-refractivity contribution in [1.29, 1.82) is 5.26 Å². The van der Waals surface area contributed by atoms with Crippen LogP contribution in [0.5, 0.6) is 0 Å². The molecule has 0 fully saturated rings. The van der Waals surface area contributed by atoms with Gasteiger partial charge in [-0.2, -0.15) is 5.26 Å². The quantitative estimate of drug-likeness (QED) is 0.837. The first-order valence-electron chi connectivity index (χ1n) is 5.22. The Bertz CT molecular complexity index is 540. The Hall–Kier alpha value is -2.54. The molecular formula is C13H12N4. The van der Waals surface area contributed by atoms with Gasteiger partial charge in [-0.1, -0.05) is 12.1 Å². The fraction of sp³-hybridized carbons (Fsp3) is 0.0769. The number of nitriles is 1. The monoisotopic (exact) mass is 224 g/mol. The highest BCUT2D eigenvalue weighted by atomic mass is 14.9. The highest BCUT2D eigenvalue weighted by molar-refractivity contribution is 5.50. The molecule has 84 valence electrons. The zero-order valence-corrected chi connectivity index (χ0v) is 9.22. The standard InChI is InChI=1S/C13H12N4/c14-8-10-1-3-11(4-2-10)9-17-12-5-6-16-13(15)7-12/h1-7H,9H2,(H3,15,16,17). The molecule has 0 amide bonds. The van der Waals surface area contributed by atoms with Gasteiger partial charge in [0, 0.05) is 24.5 Å². The number of anilines is 2. The van der Waals surface area contributed by atoms with Gasteiger partial charge in [0.05, 0.1) is 11.6 Å². The minimum Gasteiger partial charge on any atom is -0.384 e. The van der Waals surface area contributed by atoms with E-state index < -0.39 is 0 Å². The van der Waals surface area contributed by atoms with Gasteiger partial charge in [-0.05, 0) is 23.8 Å². The van der Waals surface area contributed by atoms with E-state index in [4.69, 9.17) is 11.0 Å². The Labute approximate surface area is 99.7 Å². The van der Waals surface area contributed by atoms with Crippen LogP contribution in [0.1, 0.15) is 11.1 Å². The fourth-order valence-corrected chi connectivity index (χ4v) is 1.46. The number of rotatable bonds is 3. The molecule has 0 unspecified atom stereocenters. The number of aromatic nitrogens is 1. The van der Waals surface area contributed by atoms with Gasteiger partial charge in [-0.15, -0.1) is 0 Å². The first-order chi connectivity index (χ1) is 8.28. The summed E-state index contributed by atoms with van der Waals surface area (Å²) in [6.07, 6.45) is 1.66. The zero-order chi connectivity index (χ0) is 12.1. The molecule has 0 aliphatic heterocycles. The molecule has 0 saturated carbocycles. The predicted octanol–water partition coefficient (Wildman–Crippen LogP) is 2.15. The highest BCUT2D eigenvalue weighted by Crippen LogP contribution is 2.11. The van der Waals surface area contributed by atoms with Crippen LogP contribution in [0.25, 0.3) is 0 Å². The first kappa shape index (κ1) is 11.0. The van der Waals surface area contributed by atoms with Crippen LogP contribution in [0.15, 0.2) is 42.6 Å². The van der Waals surface area contributed by atoms with E-state index in [0.717, 1.165) is 11.3 Å². The number of nitrogen functional groups attached to an aromatic ring is 1. The Morgan fingerprint density at radius 2 is 2.00 bits per heavy atom. The van der Waals surface area contributed by atoms with E-state index in [1.54, 1.807) is 24.4 Å². The van der Waals surface area contributed by atoms with Crippen LogP contribution in [0.3, 0.4) is 0 Å². The second-order valence-corrected chi connectivity index (χ2v) is 3.63. The molecule has 4 nitrogen and oxygen atoms in total. The third kappa shape index (κ3) is 2.95. The minimum absolute atomic E-state index is 0.495. The molecule has 0 bridgehead atoms. The Balaban J connectivity index is 2.00. The molecular weight excluding hydrogens is 212 g/mol. The van der Waals surface area contributed by atoms with Crippen molar-refractivity contribution in [2.24, 2.45) is 0 Å². The van der Waals surface area contributed by atoms with Crippen LogP contribution < -0.4 is 11.1 Å². The number of pyridine rings is 1. The topological polar surface area (TPSA) is 74.7 Å². The van der Waals surface area contributed by atoms with Crippen molar-refractivity contribution >= 4 is 11.5 Å². The summed E-state index contributed by atoms with van der Waals surface area (Å²) < 4.78 is 0. The lowest BCUT2D eigenvalue weighted by Gasteiger charge is -2.06. The van der Waals surface area contributed by atoms with E-state index in [0.29, 0.717) is 17.9 Å². The van der Waals surface area contributed by atoms with Gasteiger partial charge < -0.3 is 11.1 Å². The summed E-state index contributed by atoms with van der Waals surface area (Å²) in [7, 11) is 0. The van der Waals surface area contributed by atoms with Crippen LogP contribution in [0, 0.1) is 11.3 Å². The third-order valence-corrected chi connectivity index (χ3v) is 2.36. The lowest BCUT2D eigenvalue weighted by atomic mass is 10.1. The molecule has 3 N–H and O–H groups in total. The van der Waals surface area contributed by atoms with Crippen LogP contribution in [-0.2, 0) is 6.54 Å². The van der Waals surface area contributed by atoms with Gasteiger partial charge >= 0.3 is 0 Å². The summed E-state index contributed by atoms with van der Waals surface area (Å²) in [6.45, 7) is 0.690. The molecule has 1 aromatic carbocycles. The molecule has 4 heteroatoms. The zero-order valence-electron chi connectivity index (χ0n) is 9.22. The van der Waals surface area contributed by atoms with Gasteiger partial charge in [0.25, 0.3) is 0 Å². The maximum absolute atomic E-state index is 8.68. The summed E-state index contributed by atoms with van der Waals surface area (Å²) in [5.74, 6) is 0.495. The number of hydrogen-bond acceptors (Lipinski definition) is 4. The van der Waals surface area contributed by atoms with Crippen LogP contribution in [-0.4, -0.2) is 4.98 Å². The van der Waals surface area contributed by atoms with E-state index in [1.807, 2.05) is 18.2 Å². The van der Waals surface area contributed by atoms with E-state index in [1.165, 1.54) is 0 Å². The highest BCUT2D eigenvalue weighted by Gasteiger charge is 1.96. The van der Waals surface area contributed by atoms with Crippen molar-refractivity contribution in [2.75, 3.05) is 11.1 Å². The van der Waals surface area contributed by atoms with Crippen molar-refractivity contribution in [1.82, 2.24) is 4.98 Å². The molecule has 1 heterocycles.